The van der Waals surface area contributed by atoms with Gasteiger partial charge in [-0.25, -0.2) is 0 Å². The normalized spacial score (nSPS) is 42.4. The van der Waals surface area contributed by atoms with E-state index in [0.29, 0.717) is 0 Å². The summed E-state index contributed by atoms with van der Waals surface area (Å²) in [6.45, 7) is 0.178. The molecule has 9 nitrogen and oxygen atoms in total. The van der Waals surface area contributed by atoms with Crippen molar-refractivity contribution >= 4 is 11.9 Å². The Balaban J connectivity index is 2.14. The molecule has 0 aromatic rings. The molecule has 3 heterocycles. The van der Waals surface area contributed by atoms with Crippen molar-refractivity contribution < 1.29 is 15.3 Å². The highest BCUT2D eigenvalue weighted by Gasteiger charge is 2.72. The minimum Gasteiger partial charge on any atom is -0.385 e. The van der Waals surface area contributed by atoms with Crippen molar-refractivity contribution in [1.29, 1.82) is 10.8 Å². The Hall–Kier alpha value is -1.58. The quantitative estimate of drug-likeness (QED) is 0.202. The van der Waals surface area contributed by atoms with E-state index in [-0.39, 0.29) is 25.0 Å². The Morgan fingerprint density at radius 3 is 2.76 bits per heavy atom. The molecule has 3 saturated heterocycles. The molecule has 3 rings (SSSR count). The number of hydrogen-bond acceptors (Lipinski definition) is 5. The summed E-state index contributed by atoms with van der Waals surface area (Å²) in [4.78, 5) is 1.33. The van der Waals surface area contributed by atoms with Gasteiger partial charge in [0.2, 0.25) is 5.79 Å². The van der Waals surface area contributed by atoms with Gasteiger partial charge in [-0.2, -0.15) is 0 Å². The van der Waals surface area contributed by atoms with Gasteiger partial charge in [-0.3, -0.25) is 10.8 Å². The highest BCUT2D eigenvalue weighted by atomic mass is 16.5. The number of nitrogens with zero attached hydrogens (tertiary/aromatic N) is 1. The minimum atomic E-state index is -2.43. The summed E-state index contributed by atoms with van der Waals surface area (Å²) in [6.07, 6.45) is -1.41. The van der Waals surface area contributed by atoms with Crippen LogP contribution in [0.4, 0.5) is 0 Å². The fourth-order valence-corrected chi connectivity index (χ4v) is 2.85. The third-order valence-corrected chi connectivity index (χ3v) is 3.69. The Kier molecular flexibility index (Phi) is 1.74. The van der Waals surface area contributed by atoms with Crippen molar-refractivity contribution in [3.8, 4) is 0 Å². The van der Waals surface area contributed by atoms with Crippen LogP contribution in [0, 0.1) is 10.8 Å². The van der Waals surface area contributed by atoms with E-state index in [0.717, 1.165) is 0 Å². The maximum absolute atomic E-state index is 10.1. The Morgan fingerprint density at radius 2 is 2.06 bits per heavy atom. The monoisotopic (exact) mass is 242 g/mol. The summed E-state index contributed by atoms with van der Waals surface area (Å²) in [7, 11) is 0. The second-order valence-corrected chi connectivity index (χ2v) is 4.55. The average Bonchev–Trinajstić information content (AvgIpc) is 2.68. The first-order valence-electron chi connectivity index (χ1n) is 5.25. The number of guanidine groups is 2. The van der Waals surface area contributed by atoms with E-state index in [9.17, 15) is 15.3 Å². The van der Waals surface area contributed by atoms with Crippen molar-refractivity contribution in [2.75, 3.05) is 13.1 Å². The van der Waals surface area contributed by atoms with Gasteiger partial charge in [0.15, 0.2) is 17.6 Å². The molecule has 0 bridgehead atoms. The lowest BCUT2D eigenvalue weighted by Gasteiger charge is -2.47. The first kappa shape index (κ1) is 10.6. The van der Waals surface area contributed by atoms with E-state index in [1.165, 1.54) is 4.90 Å². The van der Waals surface area contributed by atoms with Crippen LogP contribution in [0.25, 0.3) is 0 Å². The minimum absolute atomic E-state index is 0.00530. The summed E-state index contributed by atoms with van der Waals surface area (Å²) >= 11 is 0. The van der Waals surface area contributed by atoms with Crippen molar-refractivity contribution in [2.24, 2.45) is 0 Å². The fourth-order valence-electron chi connectivity index (χ4n) is 2.85. The topological polar surface area (TPSA) is 148 Å². The zero-order valence-corrected chi connectivity index (χ0v) is 8.86. The third kappa shape index (κ3) is 0.989. The van der Waals surface area contributed by atoms with Crippen molar-refractivity contribution in [1.82, 2.24) is 20.9 Å². The molecular formula is C8H14N6O3. The summed E-state index contributed by atoms with van der Waals surface area (Å²) in [5, 5.41) is 53.4. The summed E-state index contributed by atoms with van der Waals surface area (Å²) in [5.74, 6) is -2.49. The number of nitrogens with one attached hydrogen (secondary N) is 5. The molecule has 1 unspecified atom stereocenters. The van der Waals surface area contributed by atoms with Gasteiger partial charge >= 0.3 is 0 Å². The second kappa shape index (κ2) is 2.81. The van der Waals surface area contributed by atoms with E-state index in [1.54, 1.807) is 0 Å². The summed E-state index contributed by atoms with van der Waals surface area (Å²) in [6, 6.07) is -0.517. The zero-order valence-electron chi connectivity index (χ0n) is 8.86. The number of aliphatic hydroxyl groups excluding tert-OH is 1. The Morgan fingerprint density at radius 1 is 1.35 bits per heavy atom. The SMILES string of the molecule is N=C1NC2CNC(=N)N3C[C@H](O)C(O)(O)[C@@]23N1. The highest BCUT2D eigenvalue weighted by Crippen LogP contribution is 2.40. The molecule has 0 radical (unpaired) electrons. The van der Waals surface area contributed by atoms with E-state index in [1.807, 2.05) is 0 Å². The number of rotatable bonds is 0. The molecule has 0 aromatic carbocycles. The predicted molar refractivity (Wildman–Crippen MR) is 56.1 cm³/mol. The van der Waals surface area contributed by atoms with Crippen LogP contribution in [0.15, 0.2) is 0 Å². The lowest BCUT2D eigenvalue weighted by Crippen LogP contribution is -2.77. The summed E-state index contributed by atoms with van der Waals surface area (Å²) < 4.78 is 0. The Labute approximate surface area is 96.4 Å². The van der Waals surface area contributed by atoms with Gasteiger partial charge in [-0.15, -0.1) is 0 Å². The van der Waals surface area contributed by atoms with Crippen molar-refractivity contribution in [2.45, 2.75) is 23.6 Å². The first-order chi connectivity index (χ1) is 7.89. The third-order valence-electron chi connectivity index (χ3n) is 3.69. The molecule has 0 amide bonds. The standard InChI is InChI=1S/C8H14N6O3/c9-5-12-3-1-11-6(10)14-2-4(15)8(16,17)7(3,14)13-5/h3-4,15-17H,1-2H2,(H2,10,11)(H3,9,12,13)/t3?,4-,7+/m0/s1. The van der Waals surface area contributed by atoms with Crippen LogP contribution in [-0.4, -0.2) is 68.8 Å². The molecule has 3 atom stereocenters. The molecule has 1 spiro atoms. The molecule has 3 fully saturated rings. The fraction of sp³-hybridized carbons (Fsp3) is 0.750. The maximum Gasteiger partial charge on any atom is 0.237 e. The number of hydrogen-bond donors (Lipinski definition) is 8. The van der Waals surface area contributed by atoms with Crippen LogP contribution >= 0.6 is 0 Å². The second-order valence-electron chi connectivity index (χ2n) is 4.55. The molecule has 3 aliphatic heterocycles. The Bertz CT molecular complexity index is 412. The van der Waals surface area contributed by atoms with Gasteiger partial charge in [0.05, 0.1) is 12.6 Å². The molecule has 3 aliphatic rings. The lowest BCUT2D eigenvalue weighted by molar-refractivity contribution is -0.256. The van der Waals surface area contributed by atoms with Gasteiger partial charge in [0.25, 0.3) is 0 Å². The van der Waals surface area contributed by atoms with E-state index in [2.05, 4.69) is 16.0 Å². The first-order valence-corrected chi connectivity index (χ1v) is 5.25. The largest absolute Gasteiger partial charge is 0.385 e. The van der Waals surface area contributed by atoms with E-state index < -0.39 is 23.6 Å². The van der Waals surface area contributed by atoms with E-state index >= 15 is 0 Å². The van der Waals surface area contributed by atoms with Crippen LogP contribution in [0.2, 0.25) is 0 Å². The predicted octanol–water partition coefficient (Wildman–Crippen LogP) is -3.93. The zero-order chi connectivity index (χ0) is 12.4. The molecule has 0 aliphatic carbocycles. The van der Waals surface area contributed by atoms with Crippen LogP contribution in [0.3, 0.4) is 0 Å². The van der Waals surface area contributed by atoms with Crippen LogP contribution in [0.1, 0.15) is 0 Å². The van der Waals surface area contributed by atoms with Crippen LogP contribution in [0.5, 0.6) is 0 Å². The number of aliphatic hydroxyl groups is 3. The van der Waals surface area contributed by atoms with Crippen LogP contribution in [-0.2, 0) is 0 Å². The smallest absolute Gasteiger partial charge is 0.237 e. The van der Waals surface area contributed by atoms with Gasteiger partial charge < -0.3 is 36.2 Å². The van der Waals surface area contributed by atoms with Crippen molar-refractivity contribution in [3.05, 3.63) is 0 Å². The molecule has 9 heteroatoms. The molecule has 0 saturated carbocycles. The lowest BCUT2D eigenvalue weighted by atomic mass is 9.90. The maximum atomic E-state index is 10.1. The van der Waals surface area contributed by atoms with Gasteiger partial charge in [-0.1, -0.05) is 0 Å². The molecule has 8 N–H and O–H groups in total. The van der Waals surface area contributed by atoms with Crippen LogP contribution < -0.4 is 16.0 Å². The average molecular weight is 242 g/mol. The summed E-state index contributed by atoms with van der Waals surface area (Å²) in [5.41, 5.74) is -1.47. The highest BCUT2D eigenvalue weighted by molar-refractivity contribution is 5.86. The van der Waals surface area contributed by atoms with Crippen molar-refractivity contribution in [3.63, 3.8) is 0 Å². The van der Waals surface area contributed by atoms with E-state index in [4.69, 9.17) is 10.8 Å². The molecule has 94 valence electrons. The molecular weight excluding hydrogens is 228 g/mol. The van der Waals surface area contributed by atoms with Gasteiger partial charge in [0, 0.05) is 6.54 Å². The molecule has 0 aromatic heterocycles. The van der Waals surface area contributed by atoms with Gasteiger partial charge in [0.1, 0.15) is 6.10 Å². The molecule has 17 heavy (non-hydrogen) atoms. The van der Waals surface area contributed by atoms with Gasteiger partial charge in [-0.05, 0) is 0 Å².